The number of barbiturate groups is 1. The van der Waals surface area contributed by atoms with Gasteiger partial charge >= 0.3 is 6.03 Å². The number of amides is 4. The van der Waals surface area contributed by atoms with E-state index in [0.717, 1.165) is 21.6 Å². The number of methoxy groups -OCH3 is 2. The fraction of sp³-hybridized carbons (Fsp3) is 0.208. The van der Waals surface area contributed by atoms with Gasteiger partial charge in [-0.25, -0.2) is 9.69 Å². The van der Waals surface area contributed by atoms with E-state index in [9.17, 15) is 14.4 Å². The molecule has 1 N–H and O–H groups in total. The highest BCUT2D eigenvalue weighted by Crippen LogP contribution is 2.34. The number of nitrogens with zero attached hydrogens (tertiary/aromatic N) is 1. The molecule has 1 saturated heterocycles. The molecule has 160 valence electrons. The number of anilines is 1. The number of hydrogen-bond donors (Lipinski definition) is 1. The number of carbonyl (C=O) groups excluding carboxylic acids is 3. The summed E-state index contributed by atoms with van der Waals surface area (Å²) in [5, 5.41) is 2.25. The molecular formula is C24H24N2O5. The summed E-state index contributed by atoms with van der Waals surface area (Å²) in [5.41, 5.74) is 3.38. The molecule has 7 nitrogen and oxygen atoms in total. The Bertz CT molecular complexity index is 1100. The third kappa shape index (κ3) is 4.35. The third-order valence-corrected chi connectivity index (χ3v) is 4.82. The van der Waals surface area contributed by atoms with Gasteiger partial charge in [0.15, 0.2) is 11.5 Å². The van der Waals surface area contributed by atoms with Crippen molar-refractivity contribution in [3.8, 4) is 11.5 Å². The first-order chi connectivity index (χ1) is 14.8. The van der Waals surface area contributed by atoms with Gasteiger partial charge in [0.1, 0.15) is 5.57 Å². The monoisotopic (exact) mass is 420 g/mol. The van der Waals surface area contributed by atoms with E-state index < -0.39 is 17.8 Å². The van der Waals surface area contributed by atoms with Crippen molar-refractivity contribution in [1.82, 2.24) is 5.32 Å². The van der Waals surface area contributed by atoms with Gasteiger partial charge < -0.3 is 9.47 Å². The average molecular weight is 420 g/mol. The Labute approximate surface area is 181 Å². The van der Waals surface area contributed by atoms with Gasteiger partial charge in [-0.1, -0.05) is 12.1 Å². The highest BCUT2D eigenvalue weighted by atomic mass is 16.5. The zero-order valence-corrected chi connectivity index (χ0v) is 17.9. The number of benzene rings is 2. The van der Waals surface area contributed by atoms with Crippen molar-refractivity contribution < 1.29 is 23.9 Å². The lowest BCUT2D eigenvalue weighted by Crippen LogP contribution is -2.54. The summed E-state index contributed by atoms with van der Waals surface area (Å²) < 4.78 is 10.8. The molecule has 0 aromatic heterocycles. The maximum absolute atomic E-state index is 13.2. The maximum atomic E-state index is 13.2. The number of nitrogens with one attached hydrogen (secondary N) is 1. The molecule has 0 unspecified atom stereocenters. The lowest BCUT2D eigenvalue weighted by Gasteiger charge is -2.27. The van der Waals surface area contributed by atoms with Crippen LogP contribution in [0.1, 0.15) is 22.3 Å². The number of urea groups is 1. The van der Waals surface area contributed by atoms with Gasteiger partial charge in [0.05, 0.1) is 19.9 Å². The fourth-order valence-electron chi connectivity index (χ4n) is 3.60. The molecule has 1 fully saturated rings. The first kappa shape index (κ1) is 21.8. The van der Waals surface area contributed by atoms with E-state index in [4.69, 9.17) is 9.47 Å². The number of ether oxygens (including phenoxy) is 2. The lowest BCUT2D eigenvalue weighted by molar-refractivity contribution is -0.122. The van der Waals surface area contributed by atoms with Crippen LogP contribution >= 0.6 is 0 Å². The van der Waals surface area contributed by atoms with Crippen molar-refractivity contribution in [3.05, 3.63) is 70.8 Å². The summed E-state index contributed by atoms with van der Waals surface area (Å²) >= 11 is 0. The van der Waals surface area contributed by atoms with Crippen LogP contribution in [0.4, 0.5) is 10.5 Å². The molecule has 31 heavy (non-hydrogen) atoms. The average Bonchev–Trinajstić information content (AvgIpc) is 2.70. The number of hydrogen-bond acceptors (Lipinski definition) is 5. The Morgan fingerprint density at radius 2 is 1.68 bits per heavy atom. The van der Waals surface area contributed by atoms with Crippen LogP contribution < -0.4 is 19.7 Å². The number of aryl methyl sites for hydroxylation is 2. The van der Waals surface area contributed by atoms with Crippen LogP contribution in [0.15, 0.2) is 48.6 Å². The highest BCUT2D eigenvalue weighted by molar-refractivity contribution is 6.39. The smallest absolute Gasteiger partial charge is 0.335 e. The molecule has 1 aliphatic rings. The molecule has 1 aliphatic heterocycles. The van der Waals surface area contributed by atoms with Crippen molar-refractivity contribution in [2.45, 2.75) is 20.3 Å². The fourth-order valence-corrected chi connectivity index (χ4v) is 3.60. The minimum Gasteiger partial charge on any atom is -0.493 e. The van der Waals surface area contributed by atoms with E-state index in [-0.39, 0.29) is 5.57 Å². The Balaban J connectivity index is 2.09. The van der Waals surface area contributed by atoms with Crippen LogP contribution in [-0.2, 0) is 16.0 Å². The van der Waals surface area contributed by atoms with E-state index in [0.29, 0.717) is 29.2 Å². The number of rotatable bonds is 6. The molecule has 3 rings (SSSR count). The molecule has 1 heterocycles. The summed E-state index contributed by atoms with van der Waals surface area (Å²) in [7, 11) is 3.04. The quantitative estimate of drug-likeness (QED) is 0.437. The molecule has 2 aromatic rings. The molecule has 4 amide bonds. The molecular weight excluding hydrogens is 396 g/mol. The van der Waals surface area contributed by atoms with E-state index in [1.807, 2.05) is 19.9 Å². The van der Waals surface area contributed by atoms with Gasteiger partial charge in [-0.3, -0.25) is 14.9 Å². The van der Waals surface area contributed by atoms with Gasteiger partial charge in [0.2, 0.25) is 0 Å². The molecule has 0 saturated carbocycles. The van der Waals surface area contributed by atoms with Crippen LogP contribution in [0.2, 0.25) is 0 Å². The van der Waals surface area contributed by atoms with Gasteiger partial charge in [-0.05, 0) is 67.3 Å². The Hall–Kier alpha value is -3.87. The summed E-state index contributed by atoms with van der Waals surface area (Å²) in [6.45, 7) is 7.49. The SMILES string of the molecule is C=CCc1cc(/C=C2\C(=O)NC(=O)N(c3cc(C)cc(C)c3)C2=O)cc(OC)c1OC. The highest BCUT2D eigenvalue weighted by Gasteiger charge is 2.37. The molecule has 0 radical (unpaired) electrons. The van der Waals surface area contributed by atoms with Crippen LogP contribution in [0, 0.1) is 13.8 Å². The predicted octanol–water partition coefficient (Wildman–Crippen LogP) is 3.72. The minimum absolute atomic E-state index is 0.157. The van der Waals surface area contributed by atoms with E-state index in [1.54, 1.807) is 30.3 Å². The molecule has 0 aliphatic carbocycles. The molecule has 7 heteroatoms. The zero-order valence-electron chi connectivity index (χ0n) is 17.9. The van der Waals surface area contributed by atoms with Crippen LogP contribution in [-0.4, -0.2) is 32.1 Å². The molecule has 0 atom stereocenters. The molecule has 0 bridgehead atoms. The van der Waals surface area contributed by atoms with Gasteiger partial charge in [-0.2, -0.15) is 0 Å². The normalized spacial score (nSPS) is 15.2. The number of allylic oxidation sites excluding steroid dienone is 1. The largest absolute Gasteiger partial charge is 0.493 e. The summed E-state index contributed by atoms with van der Waals surface area (Å²) in [6, 6.07) is 8.04. The standard InChI is InChI=1S/C24H24N2O5/c1-6-7-17-11-16(13-20(30-4)21(17)31-5)12-19-22(27)25-24(29)26(23(19)28)18-9-14(2)8-15(3)10-18/h6,8-13H,1,7H2,2-5H3,(H,25,27,29)/b19-12+. The number of carbonyl (C=O) groups is 3. The van der Waals surface area contributed by atoms with E-state index in [2.05, 4.69) is 11.9 Å². The summed E-state index contributed by atoms with van der Waals surface area (Å²) in [5.74, 6) is -0.440. The van der Waals surface area contributed by atoms with Crippen LogP contribution in [0.5, 0.6) is 11.5 Å². The maximum Gasteiger partial charge on any atom is 0.335 e. The second-order valence-electron chi connectivity index (χ2n) is 7.21. The van der Waals surface area contributed by atoms with Crippen molar-refractivity contribution in [2.24, 2.45) is 0 Å². The van der Waals surface area contributed by atoms with Gasteiger partial charge in [0.25, 0.3) is 11.8 Å². The Morgan fingerprint density at radius 3 is 2.26 bits per heavy atom. The lowest BCUT2D eigenvalue weighted by atomic mass is 10.0. The molecule has 0 spiro atoms. The van der Waals surface area contributed by atoms with Crippen molar-refractivity contribution >= 4 is 29.6 Å². The number of imide groups is 2. The van der Waals surface area contributed by atoms with Crippen molar-refractivity contribution in [2.75, 3.05) is 19.1 Å². The summed E-state index contributed by atoms with van der Waals surface area (Å²) in [6.07, 6.45) is 3.66. The Morgan fingerprint density at radius 1 is 1.00 bits per heavy atom. The summed E-state index contributed by atoms with van der Waals surface area (Å²) in [4.78, 5) is 39.1. The Kier molecular flexibility index (Phi) is 6.25. The zero-order chi connectivity index (χ0) is 22.7. The third-order valence-electron chi connectivity index (χ3n) is 4.82. The van der Waals surface area contributed by atoms with Gasteiger partial charge in [0, 0.05) is 5.56 Å². The van der Waals surface area contributed by atoms with Crippen molar-refractivity contribution in [1.29, 1.82) is 0 Å². The second kappa shape index (κ2) is 8.87. The van der Waals surface area contributed by atoms with Crippen molar-refractivity contribution in [3.63, 3.8) is 0 Å². The van der Waals surface area contributed by atoms with E-state index in [1.165, 1.54) is 20.3 Å². The van der Waals surface area contributed by atoms with Crippen LogP contribution in [0.3, 0.4) is 0 Å². The first-order valence-electron chi connectivity index (χ1n) is 9.64. The van der Waals surface area contributed by atoms with E-state index >= 15 is 0 Å². The molecule has 2 aromatic carbocycles. The minimum atomic E-state index is -0.781. The van der Waals surface area contributed by atoms with Gasteiger partial charge in [-0.15, -0.1) is 6.58 Å². The first-order valence-corrected chi connectivity index (χ1v) is 9.64. The topological polar surface area (TPSA) is 84.9 Å². The second-order valence-corrected chi connectivity index (χ2v) is 7.21. The van der Waals surface area contributed by atoms with Crippen LogP contribution in [0.25, 0.3) is 6.08 Å². The predicted molar refractivity (Wildman–Crippen MR) is 118 cm³/mol.